The van der Waals surface area contributed by atoms with Crippen LogP contribution < -0.4 is 0 Å². The fraction of sp³-hybridized carbons (Fsp3) is 0.917. The van der Waals surface area contributed by atoms with Gasteiger partial charge in [0.15, 0.2) is 0 Å². The first-order valence-corrected chi connectivity index (χ1v) is 5.63. The van der Waals surface area contributed by atoms with Crippen LogP contribution in [0, 0.1) is 17.3 Å². The van der Waals surface area contributed by atoms with Crippen LogP contribution in [0.1, 0.15) is 53.9 Å². The summed E-state index contributed by atoms with van der Waals surface area (Å²) in [5.41, 5.74) is -0.532. The maximum atomic E-state index is 11.4. The minimum Gasteiger partial charge on any atom is -0.481 e. The molecule has 0 saturated heterocycles. The van der Waals surface area contributed by atoms with Crippen LogP contribution in [-0.4, -0.2) is 11.1 Å². The third kappa shape index (κ3) is 2.49. The molecule has 0 atom stereocenters. The molecule has 14 heavy (non-hydrogen) atoms. The Balaban J connectivity index is 4.85. The molecule has 0 aromatic carbocycles. The van der Waals surface area contributed by atoms with Crippen molar-refractivity contribution in [3.05, 3.63) is 0 Å². The molecule has 0 amide bonds. The van der Waals surface area contributed by atoms with Crippen molar-refractivity contribution in [1.82, 2.24) is 0 Å². The summed E-state index contributed by atoms with van der Waals surface area (Å²) in [7, 11) is 0. The van der Waals surface area contributed by atoms with E-state index < -0.39 is 11.4 Å². The highest BCUT2D eigenvalue weighted by molar-refractivity contribution is 5.75. The topological polar surface area (TPSA) is 37.3 Å². The van der Waals surface area contributed by atoms with Crippen LogP contribution in [0.2, 0.25) is 0 Å². The van der Waals surface area contributed by atoms with E-state index >= 15 is 0 Å². The number of aliphatic carboxylic acids is 1. The largest absolute Gasteiger partial charge is 0.481 e. The molecule has 0 fully saturated rings. The number of rotatable bonds is 6. The lowest BCUT2D eigenvalue weighted by atomic mass is 9.66. The number of carbonyl (C=O) groups is 1. The molecule has 0 rings (SSSR count). The molecule has 0 aromatic heterocycles. The predicted molar refractivity (Wildman–Crippen MR) is 59.3 cm³/mol. The summed E-state index contributed by atoms with van der Waals surface area (Å²) in [6.07, 6.45) is 2.87. The summed E-state index contributed by atoms with van der Waals surface area (Å²) in [6, 6.07) is 0. The van der Waals surface area contributed by atoms with Gasteiger partial charge in [-0.15, -0.1) is 0 Å². The van der Waals surface area contributed by atoms with Crippen molar-refractivity contribution in [2.75, 3.05) is 0 Å². The number of unbranched alkanes of at least 4 members (excludes halogenated alkanes) is 1. The molecule has 0 unspecified atom stereocenters. The van der Waals surface area contributed by atoms with E-state index in [-0.39, 0.29) is 11.8 Å². The van der Waals surface area contributed by atoms with Crippen LogP contribution >= 0.6 is 0 Å². The summed E-state index contributed by atoms with van der Waals surface area (Å²) >= 11 is 0. The standard InChI is InChI=1S/C12H24O2/c1-6-7-8-12(9(2)3,10(4)5)11(13)14/h9-10H,6-8H2,1-5H3,(H,13,14). The van der Waals surface area contributed by atoms with Crippen LogP contribution in [0.3, 0.4) is 0 Å². The Morgan fingerprint density at radius 2 is 1.64 bits per heavy atom. The van der Waals surface area contributed by atoms with E-state index in [1.165, 1.54) is 0 Å². The highest BCUT2D eigenvalue weighted by atomic mass is 16.4. The van der Waals surface area contributed by atoms with E-state index in [2.05, 4.69) is 6.92 Å². The van der Waals surface area contributed by atoms with E-state index in [1.807, 2.05) is 27.7 Å². The summed E-state index contributed by atoms with van der Waals surface area (Å²) in [5, 5.41) is 9.39. The quantitative estimate of drug-likeness (QED) is 0.711. The van der Waals surface area contributed by atoms with E-state index in [9.17, 15) is 9.90 Å². The van der Waals surface area contributed by atoms with Gasteiger partial charge < -0.3 is 5.11 Å². The lowest BCUT2D eigenvalue weighted by Crippen LogP contribution is -2.41. The zero-order valence-corrected chi connectivity index (χ0v) is 10.1. The Morgan fingerprint density at radius 1 is 1.21 bits per heavy atom. The van der Waals surface area contributed by atoms with E-state index in [4.69, 9.17) is 0 Å². The Hall–Kier alpha value is -0.530. The van der Waals surface area contributed by atoms with E-state index in [0.717, 1.165) is 19.3 Å². The molecule has 0 aliphatic rings. The van der Waals surface area contributed by atoms with Crippen molar-refractivity contribution in [2.24, 2.45) is 17.3 Å². The first-order valence-electron chi connectivity index (χ1n) is 5.63. The van der Waals surface area contributed by atoms with Crippen LogP contribution in [0.25, 0.3) is 0 Å². The summed E-state index contributed by atoms with van der Waals surface area (Å²) in [4.78, 5) is 11.4. The van der Waals surface area contributed by atoms with Crippen LogP contribution in [0.15, 0.2) is 0 Å². The molecule has 0 bridgehead atoms. The Kier molecular flexibility index (Phi) is 5.17. The second-order valence-corrected chi connectivity index (χ2v) is 4.76. The molecule has 84 valence electrons. The molecule has 0 aromatic rings. The summed E-state index contributed by atoms with van der Waals surface area (Å²) < 4.78 is 0. The Bertz CT molecular complexity index is 175. The van der Waals surface area contributed by atoms with Gasteiger partial charge in [0.25, 0.3) is 0 Å². The maximum absolute atomic E-state index is 11.4. The van der Waals surface area contributed by atoms with E-state index in [0.29, 0.717) is 0 Å². The molecule has 2 nitrogen and oxygen atoms in total. The molecule has 0 spiro atoms. The average molecular weight is 200 g/mol. The summed E-state index contributed by atoms with van der Waals surface area (Å²) in [5.74, 6) is -0.228. The number of carboxylic acids is 1. The molecule has 0 aliphatic heterocycles. The zero-order chi connectivity index (χ0) is 11.4. The van der Waals surface area contributed by atoms with Gasteiger partial charge in [0.05, 0.1) is 5.41 Å². The minimum atomic E-state index is -0.629. The van der Waals surface area contributed by atoms with Crippen molar-refractivity contribution in [3.8, 4) is 0 Å². The lowest BCUT2D eigenvalue weighted by Gasteiger charge is -2.37. The van der Waals surface area contributed by atoms with Crippen molar-refractivity contribution < 1.29 is 9.90 Å². The van der Waals surface area contributed by atoms with Crippen molar-refractivity contribution in [2.45, 2.75) is 53.9 Å². The van der Waals surface area contributed by atoms with Gasteiger partial charge in [0.1, 0.15) is 0 Å². The monoisotopic (exact) mass is 200 g/mol. The van der Waals surface area contributed by atoms with Crippen LogP contribution in [0.5, 0.6) is 0 Å². The minimum absolute atomic E-state index is 0.201. The summed E-state index contributed by atoms with van der Waals surface area (Å²) in [6.45, 7) is 10.2. The molecule has 2 heteroatoms. The molecular formula is C12H24O2. The zero-order valence-electron chi connectivity index (χ0n) is 10.1. The second-order valence-electron chi connectivity index (χ2n) is 4.76. The normalized spacial score (nSPS) is 12.5. The second kappa shape index (κ2) is 5.38. The third-order valence-corrected chi connectivity index (χ3v) is 3.40. The fourth-order valence-corrected chi connectivity index (χ4v) is 2.31. The first kappa shape index (κ1) is 13.5. The SMILES string of the molecule is CCCCC(C(=O)O)(C(C)C)C(C)C. The highest BCUT2D eigenvalue weighted by Gasteiger charge is 2.43. The molecule has 0 saturated carbocycles. The van der Waals surface area contributed by atoms with Crippen molar-refractivity contribution >= 4 is 5.97 Å². The molecule has 0 aliphatic carbocycles. The van der Waals surface area contributed by atoms with Gasteiger partial charge in [-0.3, -0.25) is 4.79 Å². The van der Waals surface area contributed by atoms with Crippen LogP contribution in [-0.2, 0) is 4.79 Å². The Morgan fingerprint density at radius 3 is 1.86 bits per heavy atom. The van der Waals surface area contributed by atoms with Crippen LogP contribution in [0.4, 0.5) is 0 Å². The fourth-order valence-electron chi connectivity index (χ4n) is 2.31. The van der Waals surface area contributed by atoms with Crippen molar-refractivity contribution in [1.29, 1.82) is 0 Å². The Labute approximate surface area is 87.7 Å². The molecule has 0 radical (unpaired) electrons. The van der Waals surface area contributed by atoms with Gasteiger partial charge in [-0.2, -0.15) is 0 Å². The first-order chi connectivity index (χ1) is 6.39. The number of hydrogen-bond donors (Lipinski definition) is 1. The van der Waals surface area contributed by atoms with Gasteiger partial charge in [0, 0.05) is 0 Å². The average Bonchev–Trinajstić information content (AvgIpc) is 2.03. The van der Waals surface area contributed by atoms with Gasteiger partial charge in [-0.1, -0.05) is 47.5 Å². The maximum Gasteiger partial charge on any atom is 0.310 e. The van der Waals surface area contributed by atoms with Gasteiger partial charge >= 0.3 is 5.97 Å². The van der Waals surface area contributed by atoms with Gasteiger partial charge in [-0.25, -0.2) is 0 Å². The molecule has 0 heterocycles. The highest BCUT2D eigenvalue weighted by Crippen LogP contribution is 2.40. The van der Waals surface area contributed by atoms with Crippen molar-refractivity contribution in [3.63, 3.8) is 0 Å². The van der Waals surface area contributed by atoms with Gasteiger partial charge in [-0.05, 0) is 18.3 Å². The lowest BCUT2D eigenvalue weighted by molar-refractivity contribution is -0.156. The van der Waals surface area contributed by atoms with E-state index in [1.54, 1.807) is 0 Å². The third-order valence-electron chi connectivity index (χ3n) is 3.40. The molecule has 1 N–H and O–H groups in total. The predicted octanol–water partition coefficient (Wildman–Crippen LogP) is 3.56. The number of carboxylic acid groups (broad SMARTS) is 1. The number of hydrogen-bond acceptors (Lipinski definition) is 1. The van der Waals surface area contributed by atoms with Gasteiger partial charge in [0.2, 0.25) is 0 Å². The smallest absolute Gasteiger partial charge is 0.310 e. The molecular weight excluding hydrogens is 176 g/mol.